The first-order chi connectivity index (χ1) is 9.15. The zero-order valence-electron chi connectivity index (χ0n) is 12.9. The van der Waals surface area contributed by atoms with Crippen LogP contribution in [0.5, 0.6) is 0 Å². The quantitative estimate of drug-likeness (QED) is 0.450. The van der Waals surface area contributed by atoms with Gasteiger partial charge in [-0.15, -0.1) is 9.78 Å². The van der Waals surface area contributed by atoms with E-state index in [0.29, 0.717) is 18.8 Å². The van der Waals surface area contributed by atoms with Crippen molar-refractivity contribution in [2.75, 3.05) is 0 Å². The van der Waals surface area contributed by atoms with Crippen LogP contribution in [0.15, 0.2) is 0 Å². The molecule has 0 N–H and O–H groups in total. The summed E-state index contributed by atoms with van der Waals surface area (Å²) in [6.45, 7) is 9.03. The number of carbonyl (C=O) groups excluding carboxylic acids is 2. The van der Waals surface area contributed by atoms with E-state index >= 15 is 0 Å². The van der Waals surface area contributed by atoms with Crippen LogP contribution in [0.4, 0.5) is 0 Å². The van der Waals surface area contributed by atoms with Gasteiger partial charge in [0.15, 0.2) is 0 Å². The summed E-state index contributed by atoms with van der Waals surface area (Å²) in [5, 5.41) is 0. The van der Waals surface area contributed by atoms with Crippen molar-refractivity contribution in [1.82, 2.24) is 0 Å². The predicted octanol–water partition coefficient (Wildman–Crippen LogP) is 2.91. The van der Waals surface area contributed by atoms with Crippen molar-refractivity contribution < 1.29 is 29.1 Å². The maximum absolute atomic E-state index is 10.9. The summed E-state index contributed by atoms with van der Waals surface area (Å²) in [5.41, 5.74) is 0.190. The molecule has 116 valence electrons. The maximum atomic E-state index is 10.9. The van der Waals surface area contributed by atoms with E-state index in [1.165, 1.54) is 13.8 Å². The lowest BCUT2D eigenvalue weighted by Gasteiger charge is -2.40. The molecule has 0 unspecified atom stereocenters. The lowest BCUT2D eigenvalue weighted by molar-refractivity contribution is -0.488. The van der Waals surface area contributed by atoms with Crippen molar-refractivity contribution in [2.45, 2.75) is 66.1 Å². The topological polar surface area (TPSA) is 71.1 Å². The standard InChI is InChI=1S/C14H24O6/c1-10(15)17-19-14(20-18-11(2)16)8-6-12(7-9-14)13(3,4)5/h12H,6-9H2,1-5H3. The van der Waals surface area contributed by atoms with Crippen LogP contribution in [-0.2, 0) is 29.1 Å². The van der Waals surface area contributed by atoms with Gasteiger partial charge in [0.2, 0.25) is 0 Å². The normalized spacial score (nSPS) is 19.4. The Morgan fingerprint density at radius 3 is 1.65 bits per heavy atom. The second-order valence-electron chi connectivity index (χ2n) is 6.37. The summed E-state index contributed by atoms with van der Waals surface area (Å²) in [7, 11) is 0. The van der Waals surface area contributed by atoms with E-state index in [-0.39, 0.29) is 5.41 Å². The van der Waals surface area contributed by atoms with Crippen molar-refractivity contribution in [2.24, 2.45) is 11.3 Å². The van der Waals surface area contributed by atoms with Crippen molar-refractivity contribution >= 4 is 11.9 Å². The lowest BCUT2D eigenvalue weighted by Crippen LogP contribution is -2.43. The minimum Gasteiger partial charge on any atom is -0.296 e. The van der Waals surface area contributed by atoms with E-state index in [2.05, 4.69) is 30.5 Å². The van der Waals surface area contributed by atoms with Crippen LogP contribution >= 0.6 is 0 Å². The summed E-state index contributed by atoms with van der Waals surface area (Å²) < 4.78 is 0. The van der Waals surface area contributed by atoms with E-state index in [4.69, 9.17) is 9.78 Å². The van der Waals surface area contributed by atoms with Gasteiger partial charge in [-0.05, 0) is 24.2 Å². The highest BCUT2D eigenvalue weighted by Gasteiger charge is 2.44. The Morgan fingerprint density at radius 2 is 1.35 bits per heavy atom. The Kier molecular flexibility index (Phi) is 5.53. The molecule has 20 heavy (non-hydrogen) atoms. The summed E-state index contributed by atoms with van der Waals surface area (Å²) in [6.07, 6.45) is 2.67. The Hall–Kier alpha value is -1.14. The molecule has 1 rings (SSSR count). The number of hydrogen-bond acceptors (Lipinski definition) is 6. The highest BCUT2D eigenvalue weighted by Crippen LogP contribution is 2.43. The first-order valence-corrected chi connectivity index (χ1v) is 6.87. The molecule has 0 atom stereocenters. The molecule has 0 saturated heterocycles. The molecule has 1 fully saturated rings. The van der Waals surface area contributed by atoms with Crippen LogP contribution < -0.4 is 0 Å². The average molecular weight is 288 g/mol. The second kappa shape index (κ2) is 6.54. The highest BCUT2D eigenvalue weighted by atomic mass is 17.3. The zero-order chi connectivity index (χ0) is 15.4. The molecule has 0 heterocycles. The monoisotopic (exact) mass is 288 g/mol. The van der Waals surface area contributed by atoms with Gasteiger partial charge in [0.05, 0.1) is 0 Å². The van der Waals surface area contributed by atoms with Crippen LogP contribution in [0, 0.1) is 11.3 Å². The number of rotatable bonds is 4. The molecule has 0 aromatic heterocycles. The minimum absolute atomic E-state index is 0.190. The average Bonchev–Trinajstić information content (AvgIpc) is 2.34. The summed E-state index contributed by atoms with van der Waals surface area (Å²) in [5.74, 6) is -1.83. The van der Waals surface area contributed by atoms with Gasteiger partial charge in [0.1, 0.15) is 0 Å². The number of hydrogen-bond donors (Lipinski definition) is 0. The van der Waals surface area contributed by atoms with Crippen molar-refractivity contribution in [1.29, 1.82) is 0 Å². The number of carbonyl (C=O) groups is 2. The van der Waals surface area contributed by atoms with Crippen LogP contribution in [-0.4, -0.2) is 17.7 Å². The molecule has 0 aromatic rings. The molecule has 1 aliphatic carbocycles. The molecule has 0 amide bonds. The van der Waals surface area contributed by atoms with E-state index in [9.17, 15) is 9.59 Å². The molecule has 1 saturated carbocycles. The Labute approximate surface area is 119 Å². The van der Waals surface area contributed by atoms with Gasteiger partial charge in [-0.25, -0.2) is 9.59 Å². The van der Waals surface area contributed by atoms with E-state index in [0.717, 1.165) is 12.8 Å². The molecule has 6 heteroatoms. The third-order valence-electron chi connectivity index (χ3n) is 3.59. The van der Waals surface area contributed by atoms with Crippen LogP contribution in [0.25, 0.3) is 0 Å². The molecule has 0 aliphatic heterocycles. The zero-order valence-corrected chi connectivity index (χ0v) is 12.9. The predicted molar refractivity (Wildman–Crippen MR) is 69.8 cm³/mol. The van der Waals surface area contributed by atoms with Gasteiger partial charge >= 0.3 is 11.9 Å². The molecule has 1 aliphatic rings. The van der Waals surface area contributed by atoms with Gasteiger partial charge < -0.3 is 0 Å². The lowest BCUT2D eigenvalue weighted by atomic mass is 9.71. The van der Waals surface area contributed by atoms with Crippen molar-refractivity contribution in [3.05, 3.63) is 0 Å². The van der Waals surface area contributed by atoms with E-state index < -0.39 is 17.7 Å². The Balaban J connectivity index is 2.66. The minimum atomic E-state index is -1.20. The largest absolute Gasteiger partial charge is 0.339 e. The molecule has 0 spiro atoms. The first kappa shape index (κ1) is 16.9. The van der Waals surface area contributed by atoms with Gasteiger partial charge in [-0.3, -0.25) is 9.78 Å². The van der Waals surface area contributed by atoms with E-state index in [1.807, 2.05) is 0 Å². The fourth-order valence-electron chi connectivity index (χ4n) is 2.37. The second-order valence-corrected chi connectivity index (χ2v) is 6.37. The van der Waals surface area contributed by atoms with Gasteiger partial charge in [-0.2, -0.15) is 0 Å². The van der Waals surface area contributed by atoms with Gasteiger partial charge in [0.25, 0.3) is 5.79 Å². The molecular formula is C14H24O6. The highest BCUT2D eigenvalue weighted by molar-refractivity contribution is 5.65. The first-order valence-electron chi connectivity index (χ1n) is 6.87. The fourth-order valence-corrected chi connectivity index (χ4v) is 2.37. The van der Waals surface area contributed by atoms with Crippen molar-refractivity contribution in [3.63, 3.8) is 0 Å². The summed E-state index contributed by atoms with van der Waals surface area (Å²) in [6, 6.07) is 0. The van der Waals surface area contributed by atoms with Crippen LogP contribution in [0.3, 0.4) is 0 Å². The SMILES string of the molecule is CC(=O)OOC1(OOC(C)=O)CCC(C(C)(C)C)CC1. The summed E-state index contributed by atoms with van der Waals surface area (Å²) in [4.78, 5) is 41.1. The van der Waals surface area contributed by atoms with Crippen LogP contribution in [0.2, 0.25) is 0 Å². The molecule has 0 aromatic carbocycles. The molecular weight excluding hydrogens is 264 g/mol. The van der Waals surface area contributed by atoms with Gasteiger partial charge in [-0.1, -0.05) is 20.8 Å². The smallest absolute Gasteiger partial charge is 0.296 e. The Bertz CT molecular complexity index is 329. The maximum Gasteiger partial charge on any atom is 0.339 e. The Morgan fingerprint density at radius 1 is 0.950 bits per heavy atom. The fraction of sp³-hybridized carbons (Fsp3) is 0.857. The summed E-state index contributed by atoms with van der Waals surface area (Å²) >= 11 is 0. The third-order valence-corrected chi connectivity index (χ3v) is 3.59. The van der Waals surface area contributed by atoms with Crippen molar-refractivity contribution in [3.8, 4) is 0 Å². The molecule has 6 nitrogen and oxygen atoms in total. The third kappa shape index (κ3) is 5.09. The molecule has 0 radical (unpaired) electrons. The van der Waals surface area contributed by atoms with E-state index in [1.54, 1.807) is 0 Å². The van der Waals surface area contributed by atoms with Gasteiger partial charge in [0, 0.05) is 26.7 Å². The molecule has 0 bridgehead atoms. The van der Waals surface area contributed by atoms with Crippen LogP contribution in [0.1, 0.15) is 60.3 Å².